The second-order valence-corrected chi connectivity index (χ2v) is 6.45. The molecule has 0 aromatic heterocycles. The molecule has 1 unspecified atom stereocenters. The second kappa shape index (κ2) is 9.52. The minimum Gasteiger partial charge on any atom is -0.494 e. The number of nitrogens with one attached hydrogen (secondary N) is 1. The first-order valence-electron chi connectivity index (χ1n) is 9.12. The van der Waals surface area contributed by atoms with Crippen LogP contribution in [-0.2, 0) is 6.54 Å². The number of amides is 2. The van der Waals surface area contributed by atoms with Gasteiger partial charge in [0, 0.05) is 25.7 Å². The predicted octanol–water partition coefficient (Wildman–Crippen LogP) is 3.10. The van der Waals surface area contributed by atoms with Crippen molar-refractivity contribution in [2.45, 2.75) is 46.2 Å². The maximum Gasteiger partial charge on any atom is 0.317 e. The van der Waals surface area contributed by atoms with E-state index in [1.54, 1.807) is 0 Å². The van der Waals surface area contributed by atoms with E-state index in [9.17, 15) is 4.79 Å². The second-order valence-electron chi connectivity index (χ2n) is 6.45. The van der Waals surface area contributed by atoms with Gasteiger partial charge in [-0.3, -0.25) is 0 Å². The normalized spacial score (nSPS) is 16.0. The van der Waals surface area contributed by atoms with Gasteiger partial charge in [0.2, 0.25) is 0 Å². The lowest BCUT2D eigenvalue weighted by molar-refractivity contribution is 0.190. The Balaban J connectivity index is 1.83. The molecule has 2 amide bonds. The number of nitrogens with zero attached hydrogens (tertiary/aromatic N) is 2. The third kappa shape index (κ3) is 5.71. The van der Waals surface area contributed by atoms with Gasteiger partial charge in [-0.25, -0.2) is 4.79 Å². The molecule has 1 fully saturated rings. The average Bonchev–Trinajstić information content (AvgIpc) is 3.07. The van der Waals surface area contributed by atoms with E-state index in [-0.39, 0.29) is 12.1 Å². The largest absolute Gasteiger partial charge is 0.494 e. The molecule has 1 N–H and O–H groups in total. The van der Waals surface area contributed by atoms with Crippen LogP contribution in [0.4, 0.5) is 4.79 Å². The number of hydrogen-bond acceptors (Lipinski definition) is 3. The fraction of sp³-hybridized carbons (Fsp3) is 0.632. The highest BCUT2D eigenvalue weighted by molar-refractivity contribution is 5.74. The van der Waals surface area contributed by atoms with E-state index >= 15 is 0 Å². The number of carbonyl (C=O) groups excluding carboxylic acids is 1. The van der Waals surface area contributed by atoms with Gasteiger partial charge < -0.3 is 19.9 Å². The van der Waals surface area contributed by atoms with E-state index in [4.69, 9.17) is 4.74 Å². The minimum atomic E-state index is 0.0121. The summed E-state index contributed by atoms with van der Waals surface area (Å²) in [5.41, 5.74) is 1.11. The topological polar surface area (TPSA) is 44.8 Å². The maximum absolute atomic E-state index is 12.5. The summed E-state index contributed by atoms with van der Waals surface area (Å²) in [6.07, 6.45) is 2.55. The van der Waals surface area contributed by atoms with Crippen molar-refractivity contribution in [2.24, 2.45) is 0 Å². The fourth-order valence-electron chi connectivity index (χ4n) is 3.11. The Hall–Kier alpha value is -1.75. The van der Waals surface area contributed by atoms with Crippen LogP contribution in [0.25, 0.3) is 0 Å². The predicted molar refractivity (Wildman–Crippen MR) is 97.4 cm³/mol. The number of ether oxygens (including phenoxy) is 1. The zero-order chi connectivity index (χ0) is 17.4. The van der Waals surface area contributed by atoms with Crippen LogP contribution in [-0.4, -0.2) is 54.7 Å². The molecule has 1 heterocycles. The summed E-state index contributed by atoms with van der Waals surface area (Å²) in [5.74, 6) is 0.869. The van der Waals surface area contributed by atoms with Crippen LogP contribution in [0.15, 0.2) is 24.3 Å². The summed E-state index contributed by atoms with van der Waals surface area (Å²) in [4.78, 5) is 16.8. The van der Waals surface area contributed by atoms with Gasteiger partial charge in [0.25, 0.3) is 0 Å². The van der Waals surface area contributed by atoms with Crippen LogP contribution in [0.2, 0.25) is 0 Å². The Morgan fingerprint density at radius 2 is 1.92 bits per heavy atom. The van der Waals surface area contributed by atoms with Gasteiger partial charge in [-0.15, -0.1) is 0 Å². The molecule has 134 valence electrons. The third-order valence-electron chi connectivity index (χ3n) is 4.38. The van der Waals surface area contributed by atoms with Gasteiger partial charge in [-0.2, -0.15) is 0 Å². The summed E-state index contributed by atoms with van der Waals surface area (Å²) in [7, 11) is 0. The van der Waals surface area contributed by atoms with Crippen molar-refractivity contribution in [1.29, 1.82) is 0 Å². The highest BCUT2D eigenvalue weighted by atomic mass is 16.5. The van der Waals surface area contributed by atoms with Crippen molar-refractivity contribution >= 4 is 6.03 Å². The number of carbonyl (C=O) groups is 1. The van der Waals surface area contributed by atoms with Crippen molar-refractivity contribution in [3.63, 3.8) is 0 Å². The Kier molecular flexibility index (Phi) is 7.37. The van der Waals surface area contributed by atoms with E-state index in [1.807, 2.05) is 43.0 Å². The zero-order valence-corrected chi connectivity index (χ0v) is 15.3. The molecule has 0 spiro atoms. The molecule has 0 aliphatic carbocycles. The van der Waals surface area contributed by atoms with E-state index in [1.165, 1.54) is 12.8 Å². The highest BCUT2D eigenvalue weighted by Gasteiger charge is 2.18. The van der Waals surface area contributed by atoms with Crippen LogP contribution >= 0.6 is 0 Å². The van der Waals surface area contributed by atoms with Gasteiger partial charge in [0.15, 0.2) is 0 Å². The first kappa shape index (κ1) is 18.6. The standard InChI is InChI=1S/C19H31N3O2/c1-4-22(15-17-8-10-18(11-9-17)24-5-2)19(23)20-16(3)14-21-12-6-7-13-21/h8-11,16H,4-7,12-15H2,1-3H3,(H,20,23). The van der Waals surface area contributed by atoms with E-state index < -0.39 is 0 Å². The van der Waals surface area contributed by atoms with Crippen LogP contribution in [0.1, 0.15) is 39.2 Å². The Labute approximate surface area is 146 Å². The molecular formula is C19H31N3O2. The number of likely N-dealkylation sites (tertiary alicyclic amines) is 1. The Morgan fingerprint density at radius 1 is 1.25 bits per heavy atom. The average molecular weight is 333 g/mol. The quantitative estimate of drug-likeness (QED) is 0.795. The van der Waals surface area contributed by atoms with Crippen LogP contribution < -0.4 is 10.1 Å². The summed E-state index contributed by atoms with van der Waals surface area (Å²) >= 11 is 0. The van der Waals surface area contributed by atoms with Crippen molar-refractivity contribution in [2.75, 3.05) is 32.8 Å². The zero-order valence-electron chi connectivity index (χ0n) is 15.3. The van der Waals surface area contributed by atoms with Gasteiger partial charge in [-0.1, -0.05) is 12.1 Å². The van der Waals surface area contributed by atoms with Crippen molar-refractivity contribution < 1.29 is 9.53 Å². The van der Waals surface area contributed by atoms with E-state index in [2.05, 4.69) is 17.1 Å². The Morgan fingerprint density at radius 3 is 2.50 bits per heavy atom. The van der Waals surface area contributed by atoms with E-state index in [0.29, 0.717) is 19.7 Å². The van der Waals surface area contributed by atoms with Crippen LogP contribution in [0.5, 0.6) is 5.75 Å². The molecular weight excluding hydrogens is 302 g/mol. The molecule has 1 atom stereocenters. The van der Waals surface area contributed by atoms with Crippen LogP contribution in [0, 0.1) is 0 Å². The summed E-state index contributed by atoms with van der Waals surface area (Å²) in [6.45, 7) is 11.3. The molecule has 0 radical (unpaired) electrons. The van der Waals surface area contributed by atoms with Gasteiger partial charge in [0.1, 0.15) is 5.75 Å². The molecule has 1 aliphatic heterocycles. The molecule has 2 rings (SSSR count). The lowest BCUT2D eigenvalue weighted by Gasteiger charge is -2.26. The van der Waals surface area contributed by atoms with Gasteiger partial charge in [-0.05, 0) is 64.4 Å². The van der Waals surface area contributed by atoms with Gasteiger partial charge in [0.05, 0.1) is 6.61 Å². The molecule has 0 saturated carbocycles. The Bertz CT molecular complexity index is 498. The summed E-state index contributed by atoms with van der Waals surface area (Å²) in [5, 5.41) is 3.13. The minimum absolute atomic E-state index is 0.0121. The molecule has 1 aliphatic rings. The lowest BCUT2D eigenvalue weighted by Crippen LogP contribution is -2.47. The van der Waals surface area contributed by atoms with E-state index in [0.717, 1.165) is 30.9 Å². The molecule has 0 bridgehead atoms. The highest BCUT2D eigenvalue weighted by Crippen LogP contribution is 2.14. The maximum atomic E-state index is 12.5. The molecule has 24 heavy (non-hydrogen) atoms. The number of hydrogen-bond donors (Lipinski definition) is 1. The first-order valence-corrected chi connectivity index (χ1v) is 9.12. The molecule has 1 saturated heterocycles. The fourth-order valence-corrected chi connectivity index (χ4v) is 3.11. The van der Waals surface area contributed by atoms with Crippen molar-refractivity contribution in [3.05, 3.63) is 29.8 Å². The summed E-state index contributed by atoms with van der Waals surface area (Å²) in [6, 6.07) is 8.15. The number of urea groups is 1. The van der Waals surface area contributed by atoms with Crippen LogP contribution in [0.3, 0.4) is 0 Å². The van der Waals surface area contributed by atoms with Crippen molar-refractivity contribution in [1.82, 2.24) is 15.1 Å². The number of benzene rings is 1. The van der Waals surface area contributed by atoms with Crippen molar-refractivity contribution in [3.8, 4) is 5.75 Å². The summed E-state index contributed by atoms with van der Waals surface area (Å²) < 4.78 is 5.46. The molecule has 5 heteroatoms. The van der Waals surface area contributed by atoms with Gasteiger partial charge >= 0.3 is 6.03 Å². The lowest BCUT2D eigenvalue weighted by atomic mass is 10.2. The first-order chi connectivity index (χ1) is 11.6. The molecule has 1 aromatic carbocycles. The molecule has 5 nitrogen and oxygen atoms in total. The third-order valence-corrected chi connectivity index (χ3v) is 4.38. The number of rotatable bonds is 8. The SMILES string of the molecule is CCOc1ccc(CN(CC)C(=O)NC(C)CN2CCCC2)cc1. The molecule has 1 aromatic rings. The monoisotopic (exact) mass is 333 g/mol. The smallest absolute Gasteiger partial charge is 0.317 e.